The molecule has 0 spiro atoms. The standard InChI is InChI=1S/C14H17N3O2/c1-2-3-7-14(18)15-11-12(13-6-4-10-19-13)17-9-5-8-16-17/h2,4-6,8-10,12H,1,3,7,11H2,(H,15,18). The molecule has 0 aromatic carbocycles. The third-order valence-electron chi connectivity index (χ3n) is 2.78. The van der Waals surface area contributed by atoms with Crippen molar-refractivity contribution in [2.75, 3.05) is 6.54 Å². The van der Waals surface area contributed by atoms with Gasteiger partial charge >= 0.3 is 0 Å². The third kappa shape index (κ3) is 3.58. The van der Waals surface area contributed by atoms with Crippen molar-refractivity contribution >= 4 is 5.91 Å². The average Bonchev–Trinajstić information content (AvgIpc) is 3.09. The number of rotatable bonds is 7. The Hall–Kier alpha value is -2.30. The second kappa shape index (κ2) is 6.58. The number of furan rings is 1. The number of nitrogens with zero attached hydrogens (tertiary/aromatic N) is 2. The van der Waals surface area contributed by atoms with Crippen LogP contribution in [-0.4, -0.2) is 22.2 Å². The molecule has 0 saturated carbocycles. The predicted octanol–water partition coefficient (Wildman–Crippen LogP) is 2.15. The van der Waals surface area contributed by atoms with Gasteiger partial charge in [0.05, 0.1) is 6.26 Å². The topological polar surface area (TPSA) is 60.1 Å². The highest BCUT2D eigenvalue weighted by atomic mass is 16.3. The number of nitrogens with one attached hydrogen (secondary N) is 1. The molecule has 1 amide bonds. The first-order chi connectivity index (χ1) is 9.31. The molecular weight excluding hydrogens is 242 g/mol. The van der Waals surface area contributed by atoms with Crippen molar-refractivity contribution in [2.45, 2.75) is 18.9 Å². The predicted molar refractivity (Wildman–Crippen MR) is 71.5 cm³/mol. The molecule has 2 aromatic heterocycles. The van der Waals surface area contributed by atoms with Crippen molar-refractivity contribution in [3.63, 3.8) is 0 Å². The van der Waals surface area contributed by atoms with Crippen LogP contribution in [0, 0.1) is 0 Å². The minimum absolute atomic E-state index is 0.00334. The Kier molecular flexibility index (Phi) is 4.55. The largest absolute Gasteiger partial charge is 0.467 e. The van der Waals surface area contributed by atoms with Crippen molar-refractivity contribution < 1.29 is 9.21 Å². The Morgan fingerprint density at radius 2 is 2.47 bits per heavy atom. The number of hydrogen-bond acceptors (Lipinski definition) is 3. The lowest BCUT2D eigenvalue weighted by Gasteiger charge is -2.16. The van der Waals surface area contributed by atoms with Crippen LogP contribution >= 0.6 is 0 Å². The van der Waals surface area contributed by atoms with Crippen molar-refractivity contribution in [1.82, 2.24) is 15.1 Å². The molecule has 0 aliphatic carbocycles. The van der Waals surface area contributed by atoms with Crippen molar-refractivity contribution in [3.8, 4) is 0 Å². The van der Waals surface area contributed by atoms with Crippen LogP contribution < -0.4 is 5.32 Å². The molecule has 1 atom stereocenters. The molecule has 2 rings (SSSR count). The number of carbonyl (C=O) groups excluding carboxylic acids is 1. The van der Waals surface area contributed by atoms with Crippen LogP contribution in [0.2, 0.25) is 0 Å². The van der Waals surface area contributed by atoms with E-state index < -0.39 is 0 Å². The van der Waals surface area contributed by atoms with E-state index >= 15 is 0 Å². The molecule has 0 radical (unpaired) electrons. The molecule has 0 fully saturated rings. The number of allylic oxidation sites excluding steroid dienone is 1. The Balaban J connectivity index is 2.00. The lowest BCUT2D eigenvalue weighted by Crippen LogP contribution is -2.31. The van der Waals surface area contributed by atoms with E-state index in [1.165, 1.54) is 0 Å². The summed E-state index contributed by atoms with van der Waals surface area (Å²) in [5.41, 5.74) is 0. The van der Waals surface area contributed by atoms with Gasteiger partial charge in [-0.1, -0.05) is 6.08 Å². The van der Waals surface area contributed by atoms with E-state index in [1.54, 1.807) is 23.2 Å². The molecule has 0 bridgehead atoms. The molecule has 19 heavy (non-hydrogen) atoms. The van der Waals surface area contributed by atoms with Gasteiger partial charge in [0.15, 0.2) is 0 Å². The highest BCUT2D eigenvalue weighted by molar-refractivity contribution is 5.76. The third-order valence-corrected chi connectivity index (χ3v) is 2.78. The summed E-state index contributed by atoms with van der Waals surface area (Å²) in [6, 6.07) is 5.42. The van der Waals surface area contributed by atoms with Gasteiger partial charge in [0, 0.05) is 25.4 Å². The van der Waals surface area contributed by atoms with Crippen LogP contribution in [0.3, 0.4) is 0 Å². The Morgan fingerprint density at radius 3 is 3.11 bits per heavy atom. The smallest absolute Gasteiger partial charge is 0.220 e. The first-order valence-electron chi connectivity index (χ1n) is 6.21. The summed E-state index contributed by atoms with van der Waals surface area (Å²) in [5.74, 6) is 0.774. The first kappa shape index (κ1) is 13.1. The van der Waals surface area contributed by atoms with E-state index in [-0.39, 0.29) is 11.9 Å². The van der Waals surface area contributed by atoms with Crippen LogP contribution in [0.1, 0.15) is 24.6 Å². The molecule has 1 N–H and O–H groups in total. The van der Waals surface area contributed by atoms with Gasteiger partial charge in [0.25, 0.3) is 0 Å². The molecule has 0 saturated heterocycles. The second-order valence-corrected chi connectivity index (χ2v) is 4.15. The van der Waals surface area contributed by atoms with Crippen LogP contribution in [0.15, 0.2) is 53.9 Å². The Morgan fingerprint density at radius 1 is 1.58 bits per heavy atom. The summed E-state index contributed by atoms with van der Waals surface area (Å²) >= 11 is 0. The van der Waals surface area contributed by atoms with Gasteiger partial charge in [-0.3, -0.25) is 9.48 Å². The number of aromatic nitrogens is 2. The van der Waals surface area contributed by atoms with Gasteiger partial charge < -0.3 is 9.73 Å². The maximum absolute atomic E-state index is 11.6. The average molecular weight is 259 g/mol. The lowest BCUT2D eigenvalue weighted by molar-refractivity contribution is -0.121. The highest BCUT2D eigenvalue weighted by Crippen LogP contribution is 2.17. The molecule has 0 aliphatic rings. The molecular formula is C14H17N3O2. The molecule has 100 valence electrons. The number of carbonyl (C=O) groups is 1. The summed E-state index contributed by atoms with van der Waals surface area (Å²) < 4.78 is 7.18. The Bertz CT molecular complexity index is 469. The van der Waals surface area contributed by atoms with Crippen molar-refractivity contribution in [2.24, 2.45) is 0 Å². The minimum atomic E-state index is -0.127. The minimum Gasteiger partial charge on any atom is -0.467 e. The fraction of sp³-hybridized carbons (Fsp3) is 0.286. The summed E-state index contributed by atoms with van der Waals surface area (Å²) in [7, 11) is 0. The van der Waals surface area contributed by atoms with Gasteiger partial charge in [-0.05, 0) is 24.6 Å². The zero-order chi connectivity index (χ0) is 13.5. The number of hydrogen-bond donors (Lipinski definition) is 1. The normalized spacial score (nSPS) is 12.0. The molecule has 0 aliphatic heterocycles. The number of amides is 1. The van der Waals surface area contributed by atoms with Gasteiger partial charge in [0.2, 0.25) is 5.91 Å². The van der Waals surface area contributed by atoms with E-state index in [1.807, 2.05) is 24.4 Å². The van der Waals surface area contributed by atoms with Crippen molar-refractivity contribution in [1.29, 1.82) is 0 Å². The van der Waals surface area contributed by atoms with E-state index in [2.05, 4.69) is 17.0 Å². The van der Waals surface area contributed by atoms with Gasteiger partial charge in [-0.25, -0.2) is 0 Å². The molecule has 1 unspecified atom stereocenters. The van der Waals surface area contributed by atoms with Crippen LogP contribution in [0.5, 0.6) is 0 Å². The van der Waals surface area contributed by atoms with E-state index in [4.69, 9.17) is 4.42 Å². The molecule has 2 aromatic rings. The molecule has 5 nitrogen and oxygen atoms in total. The quantitative estimate of drug-likeness (QED) is 0.775. The fourth-order valence-corrected chi connectivity index (χ4v) is 1.80. The monoisotopic (exact) mass is 259 g/mol. The van der Waals surface area contributed by atoms with E-state index in [0.717, 1.165) is 5.76 Å². The van der Waals surface area contributed by atoms with Crippen LogP contribution in [0.25, 0.3) is 0 Å². The Labute approximate surface area is 111 Å². The highest BCUT2D eigenvalue weighted by Gasteiger charge is 2.17. The summed E-state index contributed by atoms with van der Waals surface area (Å²) in [6.45, 7) is 4.05. The SMILES string of the molecule is C=CCCC(=O)NCC(c1ccco1)n1cccn1. The van der Waals surface area contributed by atoms with E-state index in [0.29, 0.717) is 19.4 Å². The zero-order valence-electron chi connectivity index (χ0n) is 10.7. The lowest BCUT2D eigenvalue weighted by atomic mass is 10.2. The molecule has 2 heterocycles. The zero-order valence-corrected chi connectivity index (χ0v) is 10.7. The van der Waals surface area contributed by atoms with Crippen molar-refractivity contribution in [3.05, 3.63) is 55.3 Å². The second-order valence-electron chi connectivity index (χ2n) is 4.15. The summed E-state index contributed by atoms with van der Waals surface area (Å²) in [4.78, 5) is 11.6. The maximum atomic E-state index is 11.6. The fourth-order valence-electron chi connectivity index (χ4n) is 1.80. The van der Waals surface area contributed by atoms with Crippen LogP contribution in [0.4, 0.5) is 0 Å². The van der Waals surface area contributed by atoms with Gasteiger partial charge in [0.1, 0.15) is 11.8 Å². The van der Waals surface area contributed by atoms with Gasteiger partial charge in [-0.15, -0.1) is 6.58 Å². The van der Waals surface area contributed by atoms with E-state index in [9.17, 15) is 4.79 Å². The summed E-state index contributed by atoms with van der Waals surface area (Å²) in [6.07, 6.45) is 8.04. The van der Waals surface area contributed by atoms with Crippen LogP contribution in [-0.2, 0) is 4.79 Å². The summed E-state index contributed by atoms with van der Waals surface area (Å²) in [5, 5.41) is 7.09. The first-order valence-corrected chi connectivity index (χ1v) is 6.21. The molecule has 5 heteroatoms. The maximum Gasteiger partial charge on any atom is 0.220 e. The van der Waals surface area contributed by atoms with Gasteiger partial charge in [-0.2, -0.15) is 5.10 Å².